The van der Waals surface area contributed by atoms with E-state index in [0.29, 0.717) is 17.2 Å². The number of rotatable bonds is 6. The maximum Gasteiger partial charge on any atom is 0.226 e. The number of hydrogen-bond donors (Lipinski definition) is 0. The van der Waals surface area contributed by atoms with Crippen LogP contribution in [0.3, 0.4) is 0 Å². The van der Waals surface area contributed by atoms with Gasteiger partial charge in [0.2, 0.25) is 6.36 Å². The summed E-state index contributed by atoms with van der Waals surface area (Å²) in [5, 5.41) is 0.462. The van der Waals surface area contributed by atoms with Gasteiger partial charge >= 0.3 is 0 Å². The van der Waals surface area contributed by atoms with Crippen LogP contribution in [-0.2, 0) is 11.2 Å². The first-order chi connectivity index (χ1) is 11.0. The molecular weight excluding hydrogens is 311 g/mol. The summed E-state index contributed by atoms with van der Waals surface area (Å²) in [6, 6.07) is 11.9. The van der Waals surface area contributed by atoms with Crippen LogP contribution in [0.15, 0.2) is 36.4 Å². The third-order valence-electron chi connectivity index (χ3n) is 3.83. The highest BCUT2D eigenvalue weighted by Gasteiger charge is 2.23. The lowest BCUT2D eigenvalue weighted by molar-refractivity contribution is -0.0523. The summed E-state index contributed by atoms with van der Waals surface area (Å²) in [6.07, 6.45) is -0.779. The fraction of sp³-hybridized carbons (Fsp3) is 0.400. The lowest BCUT2D eigenvalue weighted by Crippen LogP contribution is -2.09. The SMILES string of the molecule is CCc1cc(C)c(-c2ccccc2)c(Cl)c1C(F)OCC(C)C. The molecular formula is C20H24ClFO. The van der Waals surface area contributed by atoms with E-state index in [1.165, 1.54) is 0 Å². The van der Waals surface area contributed by atoms with Gasteiger partial charge in [0, 0.05) is 11.1 Å². The predicted molar refractivity (Wildman–Crippen MR) is 95.6 cm³/mol. The highest BCUT2D eigenvalue weighted by molar-refractivity contribution is 6.34. The molecule has 0 aliphatic carbocycles. The number of halogens is 2. The third-order valence-corrected chi connectivity index (χ3v) is 4.23. The second-order valence-corrected chi connectivity index (χ2v) is 6.60. The predicted octanol–water partition coefficient (Wildman–Crippen LogP) is 6.52. The lowest BCUT2D eigenvalue weighted by atomic mass is 9.93. The van der Waals surface area contributed by atoms with Crippen molar-refractivity contribution < 1.29 is 9.13 Å². The number of aryl methyl sites for hydroxylation is 2. The number of hydrogen-bond acceptors (Lipinski definition) is 1. The molecule has 0 spiro atoms. The largest absolute Gasteiger partial charge is 0.344 e. The molecule has 0 saturated carbocycles. The summed E-state index contributed by atoms with van der Waals surface area (Å²) in [5.74, 6) is 0.274. The van der Waals surface area contributed by atoms with Crippen LogP contribution in [0.1, 0.15) is 43.8 Å². The van der Waals surface area contributed by atoms with Gasteiger partial charge in [-0.1, -0.05) is 68.8 Å². The van der Waals surface area contributed by atoms with E-state index in [0.717, 1.165) is 28.7 Å². The zero-order valence-corrected chi connectivity index (χ0v) is 15.0. The second kappa shape index (κ2) is 7.94. The third kappa shape index (κ3) is 4.13. The fourth-order valence-corrected chi connectivity index (χ4v) is 3.18. The maximum atomic E-state index is 14.7. The van der Waals surface area contributed by atoms with Crippen molar-refractivity contribution >= 4 is 11.6 Å². The zero-order chi connectivity index (χ0) is 17.0. The molecule has 2 rings (SSSR count). The van der Waals surface area contributed by atoms with Gasteiger partial charge in [-0.05, 0) is 36.0 Å². The van der Waals surface area contributed by atoms with Crippen molar-refractivity contribution in [3.8, 4) is 11.1 Å². The first-order valence-corrected chi connectivity index (χ1v) is 8.46. The van der Waals surface area contributed by atoms with Crippen LogP contribution in [0.25, 0.3) is 11.1 Å². The molecule has 1 nitrogen and oxygen atoms in total. The van der Waals surface area contributed by atoms with Crippen molar-refractivity contribution in [1.29, 1.82) is 0 Å². The van der Waals surface area contributed by atoms with Crippen LogP contribution >= 0.6 is 11.6 Å². The molecule has 2 aromatic rings. The Morgan fingerprint density at radius 1 is 1.17 bits per heavy atom. The topological polar surface area (TPSA) is 9.23 Å². The monoisotopic (exact) mass is 334 g/mol. The summed E-state index contributed by atoms with van der Waals surface area (Å²) < 4.78 is 20.1. The van der Waals surface area contributed by atoms with E-state index in [1.54, 1.807) is 0 Å². The van der Waals surface area contributed by atoms with Gasteiger partial charge in [-0.2, -0.15) is 0 Å². The molecule has 0 amide bonds. The van der Waals surface area contributed by atoms with Gasteiger partial charge < -0.3 is 4.74 Å². The van der Waals surface area contributed by atoms with Crippen molar-refractivity contribution in [3.05, 3.63) is 58.1 Å². The molecule has 0 aliphatic heterocycles. The van der Waals surface area contributed by atoms with Crippen molar-refractivity contribution in [1.82, 2.24) is 0 Å². The Bertz CT molecular complexity index is 652. The van der Waals surface area contributed by atoms with Gasteiger partial charge in [-0.15, -0.1) is 0 Å². The average molecular weight is 335 g/mol. The van der Waals surface area contributed by atoms with Gasteiger partial charge in [-0.25, -0.2) is 4.39 Å². The highest BCUT2D eigenvalue weighted by Crippen LogP contribution is 2.40. The Balaban J connectivity index is 2.52. The lowest BCUT2D eigenvalue weighted by Gasteiger charge is -2.20. The van der Waals surface area contributed by atoms with E-state index >= 15 is 0 Å². The zero-order valence-electron chi connectivity index (χ0n) is 14.2. The summed E-state index contributed by atoms with van der Waals surface area (Å²) in [7, 11) is 0. The molecule has 0 fully saturated rings. The normalized spacial score (nSPS) is 12.7. The molecule has 0 heterocycles. The van der Waals surface area contributed by atoms with Gasteiger partial charge in [-0.3, -0.25) is 0 Å². The summed E-state index contributed by atoms with van der Waals surface area (Å²) in [5.41, 5.74) is 4.31. The minimum absolute atomic E-state index is 0.274. The Labute approximate surface area is 143 Å². The van der Waals surface area contributed by atoms with E-state index < -0.39 is 6.36 Å². The van der Waals surface area contributed by atoms with Crippen LogP contribution < -0.4 is 0 Å². The molecule has 124 valence electrons. The van der Waals surface area contributed by atoms with Crippen LogP contribution in [0, 0.1) is 12.8 Å². The molecule has 0 bridgehead atoms. The number of ether oxygens (including phenoxy) is 1. The molecule has 1 atom stereocenters. The summed E-state index contributed by atoms with van der Waals surface area (Å²) in [6.45, 7) is 8.39. The summed E-state index contributed by atoms with van der Waals surface area (Å²) >= 11 is 6.62. The second-order valence-electron chi connectivity index (χ2n) is 6.22. The van der Waals surface area contributed by atoms with E-state index in [4.69, 9.17) is 16.3 Å². The van der Waals surface area contributed by atoms with E-state index in [9.17, 15) is 4.39 Å². The van der Waals surface area contributed by atoms with E-state index in [1.807, 2.05) is 64.1 Å². The first-order valence-electron chi connectivity index (χ1n) is 8.08. The minimum Gasteiger partial charge on any atom is -0.344 e. The van der Waals surface area contributed by atoms with E-state index in [-0.39, 0.29) is 5.92 Å². The van der Waals surface area contributed by atoms with Gasteiger partial charge in [0.1, 0.15) is 0 Å². The molecule has 2 aromatic carbocycles. The van der Waals surface area contributed by atoms with Crippen molar-refractivity contribution in [2.45, 2.75) is 40.5 Å². The van der Waals surface area contributed by atoms with Crippen molar-refractivity contribution in [2.75, 3.05) is 6.61 Å². The van der Waals surface area contributed by atoms with Crippen LogP contribution in [0.5, 0.6) is 0 Å². The van der Waals surface area contributed by atoms with E-state index in [2.05, 4.69) is 0 Å². The number of alkyl halides is 1. The first kappa shape index (κ1) is 18.0. The van der Waals surface area contributed by atoms with Gasteiger partial charge in [0.25, 0.3) is 0 Å². The smallest absolute Gasteiger partial charge is 0.226 e. The summed E-state index contributed by atoms with van der Waals surface area (Å²) in [4.78, 5) is 0. The minimum atomic E-state index is -1.50. The van der Waals surface area contributed by atoms with Crippen LogP contribution in [0.4, 0.5) is 4.39 Å². The average Bonchev–Trinajstić information content (AvgIpc) is 2.53. The van der Waals surface area contributed by atoms with Crippen LogP contribution in [0.2, 0.25) is 5.02 Å². The fourth-order valence-electron chi connectivity index (χ4n) is 2.72. The van der Waals surface area contributed by atoms with Gasteiger partial charge in [0.15, 0.2) is 0 Å². The molecule has 23 heavy (non-hydrogen) atoms. The molecule has 0 N–H and O–H groups in total. The maximum absolute atomic E-state index is 14.7. The molecule has 0 saturated heterocycles. The Hall–Kier alpha value is -1.38. The Kier molecular flexibility index (Phi) is 6.20. The molecule has 3 heteroatoms. The Morgan fingerprint density at radius 3 is 2.39 bits per heavy atom. The molecule has 0 aromatic heterocycles. The Morgan fingerprint density at radius 2 is 1.83 bits per heavy atom. The standard InChI is InChI=1S/C20H24ClFO/c1-5-15-11-14(4)17(16-9-7-6-8-10-16)19(21)18(15)20(22)23-12-13(2)3/h6-11,13,20H,5,12H2,1-4H3. The van der Waals surface area contributed by atoms with Crippen molar-refractivity contribution in [3.63, 3.8) is 0 Å². The molecule has 0 radical (unpaired) electrons. The molecule has 1 unspecified atom stereocenters. The van der Waals surface area contributed by atoms with Gasteiger partial charge in [0.05, 0.1) is 11.6 Å². The quantitative estimate of drug-likeness (QED) is 0.584. The molecule has 0 aliphatic rings. The number of benzene rings is 2. The highest BCUT2D eigenvalue weighted by atomic mass is 35.5. The van der Waals surface area contributed by atoms with Crippen molar-refractivity contribution in [2.24, 2.45) is 5.92 Å². The van der Waals surface area contributed by atoms with Crippen LogP contribution in [-0.4, -0.2) is 6.61 Å².